The summed E-state index contributed by atoms with van der Waals surface area (Å²) in [7, 11) is -2.72. The summed E-state index contributed by atoms with van der Waals surface area (Å²) < 4.78 is 5.00. The average Bonchev–Trinajstić information content (AvgIpc) is 4.28. The average molecular weight is 983 g/mol. The highest BCUT2D eigenvalue weighted by atomic mass is 28.3. The van der Waals surface area contributed by atoms with Gasteiger partial charge in [-0.05, 0) is 102 Å². The zero-order valence-corrected chi connectivity index (χ0v) is 42.8. The molecule has 0 atom stereocenters. The Morgan fingerprint density at radius 2 is 0.711 bits per heavy atom. The van der Waals surface area contributed by atoms with Crippen LogP contribution < -0.4 is 20.7 Å². The second kappa shape index (κ2) is 17.6. The fraction of sp³-hybridized carbons (Fsp3) is 0.0137. The Kier molecular flexibility index (Phi) is 10.2. The summed E-state index contributed by atoms with van der Waals surface area (Å²) in [6.07, 6.45) is 0. The first-order valence-corrected chi connectivity index (χ1v) is 28.4. The highest BCUT2D eigenvalue weighted by Gasteiger charge is 2.46. The Morgan fingerprint density at radius 3 is 1.33 bits per heavy atom. The van der Waals surface area contributed by atoms with Gasteiger partial charge >= 0.3 is 0 Å². The van der Waals surface area contributed by atoms with Crippen molar-refractivity contribution in [3.8, 4) is 33.6 Å². The van der Waals surface area contributed by atoms with Crippen LogP contribution in [0.25, 0.3) is 77.2 Å². The summed E-state index contributed by atoms with van der Waals surface area (Å²) in [5.74, 6) is 0. The molecule has 356 valence electrons. The molecule has 0 amide bonds. The molecule has 0 spiro atoms. The van der Waals surface area contributed by atoms with E-state index in [1.807, 2.05) is 0 Å². The molecule has 2 heterocycles. The molecule has 0 fully saturated rings. The summed E-state index contributed by atoms with van der Waals surface area (Å²) in [6, 6.07) is 113. The molecule has 1 aliphatic rings. The molecule has 0 radical (unpaired) electrons. The summed E-state index contributed by atoms with van der Waals surface area (Å²) in [5.41, 5.74) is 16.6. The molecule has 2 nitrogen and oxygen atoms in total. The second-order valence-corrected chi connectivity index (χ2v) is 24.1. The Morgan fingerprint density at radius 1 is 0.263 bits per heavy atom. The highest BCUT2D eigenvalue weighted by molar-refractivity contribution is 7.19. The van der Waals surface area contributed by atoms with E-state index in [0.29, 0.717) is 0 Å². The monoisotopic (exact) mass is 982 g/mol. The van der Waals surface area contributed by atoms with Gasteiger partial charge in [-0.15, -0.1) is 0 Å². The van der Waals surface area contributed by atoms with Crippen molar-refractivity contribution in [1.82, 2.24) is 9.13 Å². The fourth-order valence-electron chi connectivity index (χ4n) is 13.4. The second-order valence-electron chi connectivity index (χ2n) is 20.3. The van der Waals surface area contributed by atoms with E-state index in [1.54, 1.807) is 0 Å². The fourth-order valence-corrected chi connectivity index (χ4v) is 18.2. The van der Waals surface area contributed by atoms with Gasteiger partial charge in [0.25, 0.3) is 0 Å². The van der Waals surface area contributed by atoms with Gasteiger partial charge in [-0.1, -0.05) is 261 Å². The van der Waals surface area contributed by atoms with E-state index < -0.39 is 13.5 Å². The first kappa shape index (κ1) is 44.0. The van der Waals surface area contributed by atoms with E-state index in [4.69, 9.17) is 0 Å². The van der Waals surface area contributed by atoms with Crippen LogP contribution in [0.5, 0.6) is 0 Å². The van der Waals surface area contributed by atoms with Crippen molar-refractivity contribution in [2.45, 2.75) is 5.41 Å². The van der Waals surface area contributed by atoms with Crippen molar-refractivity contribution in [2.75, 3.05) is 0 Å². The van der Waals surface area contributed by atoms with E-state index in [0.717, 1.165) is 11.4 Å². The first-order valence-electron chi connectivity index (χ1n) is 26.4. The van der Waals surface area contributed by atoms with Gasteiger partial charge in [0.05, 0.1) is 27.5 Å². The molecule has 0 aliphatic heterocycles. The van der Waals surface area contributed by atoms with Crippen LogP contribution in [0.4, 0.5) is 0 Å². The number of hydrogen-bond acceptors (Lipinski definition) is 0. The predicted octanol–water partition coefficient (Wildman–Crippen LogP) is 15.3. The zero-order chi connectivity index (χ0) is 50.2. The van der Waals surface area contributed by atoms with Crippen molar-refractivity contribution in [1.29, 1.82) is 0 Å². The van der Waals surface area contributed by atoms with Gasteiger partial charge in [0.2, 0.25) is 0 Å². The SMILES string of the molecule is c1ccc(C2(c3ccccc3)c3ccccc3-c3cc(-c4cccc5c6ccccc6n(-c6ccc7c8ccccc8n(-c8ccc([Si](c9ccccc9)(c9ccccc9)c9ccccc9)cc8)c7c6)c45)ccc32)cc1. The van der Waals surface area contributed by atoms with Crippen molar-refractivity contribution in [2.24, 2.45) is 0 Å². The van der Waals surface area contributed by atoms with E-state index in [1.165, 1.54) is 109 Å². The third-order valence-electron chi connectivity index (χ3n) is 16.6. The van der Waals surface area contributed by atoms with Crippen LogP contribution in [0, 0.1) is 0 Å². The van der Waals surface area contributed by atoms with Crippen LogP contribution in [0.2, 0.25) is 0 Å². The Hall–Kier alpha value is -9.54. The van der Waals surface area contributed by atoms with Crippen molar-refractivity contribution in [3.63, 3.8) is 0 Å². The molecule has 76 heavy (non-hydrogen) atoms. The summed E-state index contributed by atoms with van der Waals surface area (Å²) in [5, 5.41) is 10.4. The maximum Gasteiger partial charge on any atom is 0.179 e. The number of fused-ring (bicyclic) bond motifs is 9. The minimum atomic E-state index is -2.72. The standard InChI is InChI=1S/C73H50N2Si/c1-6-23-52(24-7-1)73(53-25-8-2-9-26-53)67-38-19-16-33-61(67)66-49-51(41-48-68(66)73)60-36-22-37-65-63-35-18-21-40-70(63)75(72(60)65)55-44-47-64-62-34-17-20-39-69(62)74(71(64)50-55)54-42-45-59(46-43-54)76(56-27-10-3-11-28-56,57-29-12-4-13-30-57)58-31-14-5-15-32-58/h1-50H. The lowest BCUT2D eigenvalue weighted by Gasteiger charge is -2.34. The van der Waals surface area contributed by atoms with Crippen molar-refractivity contribution in [3.05, 3.63) is 326 Å². The van der Waals surface area contributed by atoms with E-state index in [-0.39, 0.29) is 0 Å². The first-order chi connectivity index (χ1) is 37.7. The largest absolute Gasteiger partial charge is 0.309 e. The van der Waals surface area contributed by atoms with Gasteiger partial charge < -0.3 is 9.13 Å². The molecule has 0 bridgehead atoms. The number of nitrogens with zero attached hydrogens (tertiary/aromatic N) is 2. The van der Waals surface area contributed by atoms with Gasteiger partial charge in [-0.3, -0.25) is 0 Å². The van der Waals surface area contributed by atoms with Crippen LogP contribution >= 0.6 is 0 Å². The maximum atomic E-state index is 2.52. The molecule has 0 saturated heterocycles. The van der Waals surface area contributed by atoms with E-state index >= 15 is 0 Å². The Labute approximate surface area is 443 Å². The van der Waals surface area contributed by atoms with Crippen LogP contribution in [0.1, 0.15) is 22.3 Å². The number of aromatic nitrogens is 2. The van der Waals surface area contributed by atoms with Crippen LogP contribution in [-0.4, -0.2) is 17.2 Å². The lowest BCUT2D eigenvalue weighted by molar-refractivity contribution is 0.768. The Bertz CT molecular complexity index is 4350. The minimum Gasteiger partial charge on any atom is -0.309 e. The molecule has 15 rings (SSSR count). The van der Waals surface area contributed by atoms with Crippen molar-refractivity contribution < 1.29 is 0 Å². The third kappa shape index (κ3) is 6.40. The molecule has 3 heteroatoms. The number of benzene rings is 12. The maximum absolute atomic E-state index is 2.72. The van der Waals surface area contributed by atoms with Crippen LogP contribution in [-0.2, 0) is 5.41 Å². The van der Waals surface area contributed by atoms with Gasteiger partial charge in [0.15, 0.2) is 8.07 Å². The smallest absolute Gasteiger partial charge is 0.179 e. The zero-order valence-electron chi connectivity index (χ0n) is 41.8. The molecule has 0 unspecified atom stereocenters. The summed E-state index contributed by atoms with van der Waals surface area (Å²) in [6.45, 7) is 0. The topological polar surface area (TPSA) is 9.86 Å². The van der Waals surface area contributed by atoms with E-state index in [9.17, 15) is 0 Å². The third-order valence-corrected chi connectivity index (χ3v) is 21.4. The molecule has 0 saturated carbocycles. The van der Waals surface area contributed by atoms with Gasteiger partial charge in [-0.2, -0.15) is 0 Å². The normalized spacial score (nSPS) is 12.8. The molecule has 0 N–H and O–H groups in total. The van der Waals surface area contributed by atoms with Gasteiger partial charge in [0, 0.05) is 38.5 Å². The molecule has 2 aromatic heterocycles. The molecule has 14 aromatic rings. The molecule has 1 aliphatic carbocycles. The lowest BCUT2D eigenvalue weighted by atomic mass is 9.67. The molecular formula is C73H50N2Si. The van der Waals surface area contributed by atoms with Crippen LogP contribution in [0.15, 0.2) is 303 Å². The molecule has 12 aromatic carbocycles. The van der Waals surface area contributed by atoms with E-state index in [2.05, 4.69) is 312 Å². The highest BCUT2D eigenvalue weighted by Crippen LogP contribution is 2.57. The summed E-state index contributed by atoms with van der Waals surface area (Å²) in [4.78, 5) is 0. The summed E-state index contributed by atoms with van der Waals surface area (Å²) >= 11 is 0. The predicted molar refractivity (Wildman–Crippen MR) is 321 cm³/mol. The van der Waals surface area contributed by atoms with Gasteiger partial charge in [-0.25, -0.2) is 0 Å². The number of rotatable bonds is 9. The van der Waals surface area contributed by atoms with Gasteiger partial charge in [0.1, 0.15) is 0 Å². The number of hydrogen-bond donors (Lipinski definition) is 0. The van der Waals surface area contributed by atoms with Crippen molar-refractivity contribution >= 4 is 72.4 Å². The van der Waals surface area contributed by atoms with Crippen LogP contribution in [0.3, 0.4) is 0 Å². The lowest BCUT2D eigenvalue weighted by Crippen LogP contribution is -2.74. The quantitative estimate of drug-likeness (QED) is 0.101. The molecular weight excluding hydrogens is 933 g/mol. The minimum absolute atomic E-state index is 0.460. The number of para-hydroxylation sites is 3. The Balaban J connectivity index is 0.928.